The van der Waals surface area contributed by atoms with E-state index in [0.29, 0.717) is 6.04 Å². The number of nitrogens with zero attached hydrogens (tertiary/aromatic N) is 2. The van der Waals surface area contributed by atoms with Crippen LogP contribution in [0.1, 0.15) is 19.3 Å². The Bertz CT molecular complexity index is 227. The van der Waals surface area contributed by atoms with Gasteiger partial charge in [0.15, 0.2) is 0 Å². The fourth-order valence-corrected chi connectivity index (χ4v) is 3.12. The summed E-state index contributed by atoms with van der Waals surface area (Å²) < 4.78 is 0. The van der Waals surface area contributed by atoms with Gasteiger partial charge in [0, 0.05) is 25.7 Å². The van der Waals surface area contributed by atoms with Crippen LogP contribution in [0.4, 0.5) is 0 Å². The van der Waals surface area contributed by atoms with Crippen molar-refractivity contribution in [3.63, 3.8) is 0 Å². The van der Waals surface area contributed by atoms with E-state index in [1.54, 1.807) is 0 Å². The monoisotopic (exact) mass is 241 g/mol. The highest BCUT2D eigenvalue weighted by atomic mass is 16.3. The van der Waals surface area contributed by atoms with Gasteiger partial charge in [-0.15, -0.1) is 0 Å². The topological polar surface area (TPSA) is 38.7 Å². The van der Waals surface area contributed by atoms with Crippen LogP contribution in [0.2, 0.25) is 0 Å². The maximum absolute atomic E-state index is 9.48. The molecule has 4 nitrogen and oxygen atoms in total. The van der Waals surface area contributed by atoms with Crippen molar-refractivity contribution in [1.82, 2.24) is 15.1 Å². The molecule has 2 heterocycles. The number of hydrogen-bond acceptors (Lipinski definition) is 4. The number of likely N-dealkylation sites (tertiary alicyclic amines) is 1. The zero-order valence-corrected chi connectivity index (χ0v) is 11.2. The molecular weight excluding hydrogens is 214 g/mol. The molecule has 0 bridgehead atoms. The number of aliphatic hydroxyl groups excluding tert-OH is 1. The predicted molar refractivity (Wildman–Crippen MR) is 70.1 cm³/mol. The van der Waals surface area contributed by atoms with Crippen molar-refractivity contribution >= 4 is 0 Å². The van der Waals surface area contributed by atoms with Crippen molar-refractivity contribution in [2.24, 2.45) is 5.92 Å². The first-order valence-electron chi connectivity index (χ1n) is 6.92. The Kier molecular flexibility index (Phi) is 4.79. The van der Waals surface area contributed by atoms with Crippen molar-refractivity contribution in [3.05, 3.63) is 0 Å². The Labute approximate surface area is 105 Å². The molecule has 2 N–H and O–H groups in total. The van der Waals surface area contributed by atoms with E-state index in [2.05, 4.69) is 29.2 Å². The van der Waals surface area contributed by atoms with Gasteiger partial charge in [-0.05, 0) is 52.4 Å². The number of β-amino-alcohol motifs (C(OH)–C–C–N with tert-alkyl or cyclic N) is 1. The van der Waals surface area contributed by atoms with Gasteiger partial charge >= 0.3 is 0 Å². The Balaban J connectivity index is 1.65. The average Bonchev–Trinajstić information content (AvgIpc) is 2.66. The molecule has 4 heteroatoms. The van der Waals surface area contributed by atoms with Crippen LogP contribution in [-0.4, -0.2) is 73.9 Å². The molecule has 2 fully saturated rings. The number of piperidine rings is 1. The fraction of sp³-hybridized carbons (Fsp3) is 1.00. The summed E-state index contributed by atoms with van der Waals surface area (Å²) in [4.78, 5) is 4.86. The maximum atomic E-state index is 9.48. The Morgan fingerprint density at radius 2 is 2.00 bits per heavy atom. The van der Waals surface area contributed by atoms with Crippen LogP contribution < -0.4 is 5.32 Å². The van der Waals surface area contributed by atoms with Crippen molar-refractivity contribution in [2.45, 2.75) is 31.4 Å². The second-order valence-electron chi connectivity index (χ2n) is 6.00. The average molecular weight is 241 g/mol. The molecule has 0 saturated carbocycles. The molecule has 2 saturated heterocycles. The Hall–Kier alpha value is -0.160. The Morgan fingerprint density at radius 1 is 1.29 bits per heavy atom. The van der Waals surface area contributed by atoms with Gasteiger partial charge < -0.3 is 20.2 Å². The van der Waals surface area contributed by atoms with E-state index in [1.165, 1.54) is 32.5 Å². The molecule has 17 heavy (non-hydrogen) atoms. The summed E-state index contributed by atoms with van der Waals surface area (Å²) in [5.74, 6) is 0.878. The molecule has 0 aromatic rings. The predicted octanol–water partition coefficient (Wildman–Crippen LogP) is -0.0172. The molecule has 2 rings (SSSR count). The minimum Gasteiger partial charge on any atom is -0.392 e. The number of nitrogens with one attached hydrogen (secondary N) is 1. The second-order valence-corrected chi connectivity index (χ2v) is 6.00. The van der Waals surface area contributed by atoms with Gasteiger partial charge in [-0.3, -0.25) is 0 Å². The molecule has 2 atom stereocenters. The summed E-state index contributed by atoms with van der Waals surface area (Å²) in [6, 6.07) is 0.510. The first kappa shape index (κ1) is 13.3. The first-order valence-corrected chi connectivity index (χ1v) is 6.92. The van der Waals surface area contributed by atoms with Crippen LogP contribution in [0.15, 0.2) is 0 Å². The second kappa shape index (κ2) is 6.14. The molecule has 0 spiro atoms. The summed E-state index contributed by atoms with van der Waals surface area (Å²) in [6.07, 6.45) is 3.46. The van der Waals surface area contributed by atoms with E-state index >= 15 is 0 Å². The van der Waals surface area contributed by atoms with Gasteiger partial charge in [-0.2, -0.15) is 0 Å². The van der Waals surface area contributed by atoms with Crippen LogP contribution in [0.25, 0.3) is 0 Å². The van der Waals surface area contributed by atoms with Crippen LogP contribution >= 0.6 is 0 Å². The largest absolute Gasteiger partial charge is 0.392 e. The summed E-state index contributed by atoms with van der Waals surface area (Å²) >= 11 is 0. The quantitative estimate of drug-likeness (QED) is 0.726. The lowest BCUT2D eigenvalue weighted by Gasteiger charge is -2.34. The van der Waals surface area contributed by atoms with Crippen molar-refractivity contribution in [1.29, 1.82) is 0 Å². The molecule has 2 aliphatic rings. The third kappa shape index (κ3) is 4.21. The molecule has 2 aliphatic heterocycles. The number of rotatable bonds is 4. The minimum absolute atomic E-state index is 0.119. The van der Waals surface area contributed by atoms with Gasteiger partial charge in [-0.1, -0.05) is 0 Å². The van der Waals surface area contributed by atoms with Gasteiger partial charge in [0.05, 0.1) is 6.10 Å². The van der Waals surface area contributed by atoms with Gasteiger partial charge in [0.2, 0.25) is 0 Å². The molecule has 0 radical (unpaired) electrons. The van der Waals surface area contributed by atoms with Crippen molar-refractivity contribution in [2.75, 3.05) is 46.8 Å². The summed E-state index contributed by atoms with van der Waals surface area (Å²) in [7, 11) is 4.33. The van der Waals surface area contributed by atoms with E-state index in [1.807, 2.05) is 0 Å². The summed E-state index contributed by atoms with van der Waals surface area (Å²) in [5, 5.41) is 12.9. The van der Waals surface area contributed by atoms with E-state index < -0.39 is 0 Å². The minimum atomic E-state index is -0.119. The highest BCUT2D eigenvalue weighted by Crippen LogP contribution is 2.19. The van der Waals surface area contributed by atoms with Crippen LogP contribution in [0.5, 0.6) is 0 Å². The molecule has 0 aromatic heterocycles. The van der Waals surface area contributed by atoms with E-state index in [4.69, 9.17) is 0 Å². The van der Waals surface area contributed by atoms with Gasteiger partial charge in [-0.25, -0.2) is 0 Å². The molecule has 0 amide bonds. The van der Waals surface area contributed by atoms with Gasteiger partial charge in [0.1, 0.15) is 0 Å². The molecular formula is C13H27N3O. The maximum Gasteiger partial charge on any atom is 0.0680 e. The zero-order chi connectivity index (χ0) is 12.3. The normalized spacial score (nSPS) is 32.5. The van der Waals surface area contributed by atoms with Gasteiger partial charge in [0.25, 0.3) is 0 Å². The molecule has 0 aromatic carbocycles. The summed E-state index contributed by atoms with van der Waals surface area (Å²) in [5.41, 5.74) is 0. The first-order chi connectivity index (χ1) is 8.13. The smallest absolute Gasteiger partial charge is 0.0680 e. The highest BCUT2D eigenvalue weighted by molar-refractivity contribution is 4.85. The fourth-order valence-electron chi connectivity index (χ4n) is 3.12. The SMILES string of the molecule is CN(C)CC1CCN(CC2CC(O)CN2)CC1. The van der Waals surface area contributed by atoms with E-state index in [-0.39, 0.29) is 6.10 Å². The molecule has 2 unspecified atom stereocenters. The summed E-state index contributed by atoms with van der Waals surface area (Å²) in [6.45, 7) is 5.58. The lowest BCUT2D eigenvalue weighted by Crippen LogP contribution is -2.43. The highest BCUT2D eigenvalue weighted by Gasteiger charge is 2.26. The standard InChI is InChI=1S/C13H27N3O/c1-15(2)9-11-3-5-16(6-4-11)10-12-7-13(17)8-14-12/h11-14,17H,3-10H2,1-2H3. The Morgan fingerprint density at radius 3 is 2.53 bits per heavy atom. The lowest BCUT2D eigenvalue weighted by atomic mass is 9.96. The third-order valence-electron chi connectivity index (χ3n) is 4.01. The molecule has 100 valence electrons. The van der Waals surface area contributed by atoms with Crippen molar-refractivity contribution < 1.29 is 5.11 Å². The number of aliphatic hydroxyl groups is 1. The zero-order valence-electron chi connectivity index (χ0n) is 11.2. The lowest BCUT2D eigenvalue weighted by molar-refractivity contribution is 0.147. The van der Waals surface area contributed by atoms with Crippen molar-refractivity contribution in [3.8, 4) is 0 Å². The molecule has 0 aliphatic carbocycles. The van der Waals surface area contributed by atoms with E-state index in [9.17, 15) is 5.11 Å². The van der Waals surface area contributed by atoms with Crippen LogP contribution in [0, 0.1) is 5.92 Å². The number of hydrogen-bond donors (Lipinski definition) is 2. The van der Waals surface area contributed by atoms with E-state index in [0.717, 1.165) is 25.4 Å². The third-order valence-corrected chi connectivity index (χ3v) is 4.01. The van der Waals surface area contributed by atoms with Crippen LogP contribution in [0.3, 0.4) is 0 Å². The van der Waals surface area contributed by atoms with Crippen LogP contribution in [-0.2, 0) is 0 Å².